The summed E-state index contributed by atoms with van der Waals surface area (Å²) < 4.78 is 9.77. The van der Waals surface area contributed by atoms with Gasteiger partial charge in [-0.25, -0.2) is 0 Å². The molecule has 0 aromatic carbocycles. The first-order valence-corrected chi connectivity index (χ1v) is 3.08. The lowest BCUT2D eigenvalue weighted by molar-refractivity contribution is -0.166. The topological polar surface area (TPSA) is 35.5 Å². The van der Waals surface area contributed by atoms with Gasteiger partial charge in [0.2, 0.25) is 6.29 Å². The van der Waals surface area contributed by atoms with Crippen molar-refractivity contribution in [1.82, 2.24) is 0 Å². The van der Waals surface area contributed by atoms with E-state index >= 15 is 0 Å². The van der Waals surface area contributed by atoms with Gasteiger partial charge in [-0.1, -0.05) is 0 Å². The minimum Gasteiger partial charge on any atom is -0.436 e. The zero-order valence-corrected chi connectivity index (χ0v) is 5.42. The fraction of sp³-hybridized carbons (Fsp3) is 0.833. The lowest BCUT2D eigenvalue weighted by atomic mass is 10.4. The first-order valence-electron chi connectivity index (χ1n) is 3.08. The second kappa shape index (κ2) is 2.82. The standard InChI is InChI=1S/C6H10O3/c1-5(7)9-6-3-2-4-8-6/h6H,2-4H2,1H3. The fourth-order valence-corrected chi connectivity index (χ4v) is 0.826. The molecule has 1 aliphatic rings. The smallest absolute Gasteiger partial charge is 0.304 e. The summed E-state index contributed by atoms with van der Waals surface area (Å²) in [5.41, 5.74) is 0. The fourth-order valence-electron chi connectivity index (χ4n) is 0.826. The van der Waals surface area contributed by atoms with Crippen molar-refractivity contribution in [3.8, 4) is 0 Å². The van der Waals surface area contributed by atoms with E-state index in [1.165, 1.54) is 6.92 Å². The van der Waals surface area contributed by atoms with Gasteiger partial charge in [-0.15, -0.1) is 0 Å². The monoisotopic (exact) mass is 130 g/mol. The molecule has 1 aliphatic heterocycles. The van der Waals surface area contributed by atoms with Gasteiger partial charge in [0.25, 0.3) is 0 Å². The Labute approximate surface area is 53.9 Å². The Morgan fingerprint density at radius 2 is 2.56 bits per heavy atom. The zero-order valence-electron chi connectivity index (χ0n) is 5.42. The summed E-state index contributed by atoms with van der Waals surface area (Å²) in [6.07, 6.45) is 1.58. The van der Waals surface area contributed by atoms with Gasteiger partial charge in [-0.3, -0.25) is 4.79 Å². The number of ether oxygens (including phenoxy) is 2. The Hall–Kier alpha value is -0.570. The van der Waals surface area contributed by atoms with Crippen LogP contribution in [0.5, 0.6) is 0 Å². The molecule has 9 heavy (non-hydrogen) atoms. The maximum absolute atomic E-state index is 10.3. The number of carbonyl (C=O) groups excluding carboxylic acids is 1. The largest absolute Gasteiger partial charge is 0.436 e. The van der Waals surface area contributed by atoms with E-state index in [1.807, 2.05) is 0 Å². The van der Waals surface area contributed by atoms with Crippen molar-refractivity contribution >= 4 is 5.97 Å². The molecule has 1 rings (SSSR count). The van der Waals surface area contributed by atoms with Crippen molar-refractivity contribution < 1.29 is 14.3 Å². The summed E-state index contributed by atoms with van der Waals surface area (Å²) in [6.45, 7) is 2.11. The first-order chi connectivity index (χ1) is 4.29. The lowest BCUT2D eigenvalue weighted by Gasteiger charge is -2.07. The van der Waals surface area contributed by atoms with Gasteiger partial charge in [-0.05, 0) is 6.42 Å². The molecule has 1 atom stereocenters. The summed E-state index contributed by atoms with van der Waals surface area (Å²) >= 11 is 0. The average molecular weight is 130 g/mol. The molecular formula is C6H10O3. The van der Waals surface area contributed by atoms with Crippen molar-refractivity contribution in [1.29, 1.82) is 0 Å². The Morgan fingerprint density at radius 1 is 1.78 bits per heavy atom. The first kappa shape index (κ1) is 6.55. The van der Waals surface area contributed by atoms with Crippen LogP contribution < -0.4 is 0 Å². The van der Waals surface area contributed by atoms with Crippen molar-refractivity contribution in [2.24, 2.45) is 0 Å². The van der Waals surface area contributed by atoms with E-state index in [2.05, 4.69) is 0 Å². The average Bonchev–Trinajstić information content (AvgIpc) is 2.15. The van der Waals surface area contributed by atoms with E-state index in [4.69, 9.17) is 9.47 Å². The molecule has 0 amide bonds. The van der Waals surface area contributed by atoms with Crippen molar-refractivity contribution in [3.05, 3.63) is 0 Å². The number of hydrogen-bond acceptors (Lipinski definition) is 3. The Morgan fingerprint density at radius 3 is 3.00 bits per heavy atom. The third-order valence-electron chi connectivity index (χ3n) is 1.19. The third-order valence-corrected chi connectivity index (χ3v) is 1.19. The highest BCUT2D eigenvalue weighted by Gasteiger charge is 2.17. The van der Waals surface area contributed by atoms with E-state index < -0.39 is 0 Å². The van der Waals surface area contributed by atoms with E-state index in [-0.39, 0.29) is 12.3 Å². The number of carbonyl (C=O) groups is 1. The second-order valence-corrected chi connectivity index (χ2v) is 2.05. The van der Waals surface area contributed by atoms with Crippen LogP contribution in [0.25, 0.3) is 0 Å². The van der Waals surface area contributed by atoms with E-state index in [0.717, 1.165) is 19.4 Å². The molecule has 0 N–H and O–H groups in total. The molecule has 1 fully saturated rings. The van der Waals surface area contributed by atoms with Crippen LogP contribution in [0.1, 0.15) is 19.8 Å². The van der Waals surface area contributed by atoms with Crippen molar-refractivity contribution in [2.45, 2.75) is 26.1 Å². The molecule has 0 aliphatic carbocycles. The molecular weight excluding hydrogens is 120 g/mol. The van der Waals surface area contributed by atoms with Gasteiger partial charge in [-0.2, -0.15) is 0 Å². The Bertz CT molecular complexity index is 105. The molecule has 3 nitrogen and oxygen atoms in total. The number of esters is 1. The summed E-state index contributed by atoms with van der Waals surface area (Å²) in [4.78, 5) is 10.3. The van der Waals surface area contributed by atoms with E-state index in [1.54, 1.807) is 0 Å². The van der Waals surface area contributed by atoms with Gasteiger partial charge in [0.05, 0.1) is 6.61 Å². The quantitative estimate of drug-likeness (QED) is 0.490. The zero-order chi connectivity index (χ0) is 6.69. The molecule has 0 aromatic heterocycles. The van der Waals surface area contributed by atoms with Gasteiger partial charge in [0.15, 0.2) is 0 Å². The molecule has 1 unspecified atom stereocenters. The summed E-state index contributed by atoms with van der Waals surface area (Å²) in [5.74, 6) is -0.262. The maximum Gasteiger partial charge on any atom is 0.304 e. The van der Waals surface area contributed by atoms with Gasteiger partial charge < -0.3 is 9.47 Å². The molecule has 52 valence electrons. The highest BCUT2D eigenvalue weighted by atomic mass is 16.7. The molecule has 3 heteroatoms. The molecule has 0 spiro atoms. The van der Waals surface area contributed by atoms with Crippen LogP contribution >= 0.6 is 0 Å². The van der Waals surface area contributed by atoms with Crippen LogP contribution in [-0.2, 0) is 14.3 Å². The number of rotatable bonds is 1. The lowest BCUT2D eigenvalue weighted by Crippen LogP contribution is -2.13. The second-order valence-electron chi connectivity index (χ2n) is 2.05. The van der Waals surface area contributed by atoms with Gasteiger partial charge in [0.1, 0.15) is 0 Å². The summed E-state index contributed by atoms with van der Waals surface area (Å²) in [5, 5.41) is 0. The van der Waals surface area contributed by atoms with Crippen molar-refractivity contribution in [3.63, 3.8) is 0 Å². The number of hydrogen-bond donors (Lipinski definition) is 0. The van der Waals surface area contributed by atoms with Crippen LogP contribution in [-0.4, -0.2) is 18.9 Å². The van der Waals surface area contributed by atoms with Crippen LogP contribution in [0.3, 0.4) is 0 Å². The highest BCUT2D eigenvalue weighted by Crippen LogP contribution is 2.12. The minimum absolute atomic E-state index is 0.262. The SMILES string of the molecule is CC(=O)OC1CCCO1. The molecule has 1 heterocycles. The summed E-state index contributed by atoms with van der Waals surface area (Å²) in [6, 6.07) is 0. The molecule has 0 aromatic rings. The van der Waals surface area contributed by atoms with Gasteiger partial charge in [0, 0.05) is 13.3 Å². The Balaban J connectivity index is 2.19. The normalized spacial score (nSPS) is 26.1. The predicted octanol–water partition coefficient (Wildman–Crippen LogP) is 0.686. The van der Waals surface area contributed by atoms with Crippen LogP contribution in [0, 0.1) is 0 Å². The summed E-state index contributed by atoms with van der Waals surface area (Å²) in [7, 11) is 0. The van der Waals surface area contributed by atoms with E-state index in [9.17, 15) is 4.79 Å². The molecule has 1 saturated heterocycles. The predicted molar refractivity (Wildman–Crippen MR) is 30.7 cm³/mol. The molecule has 0 radical (unpaired) electrons. The minimum atomic E-state index is -0.262. The molecule has 0 bridgehead atoms. The molecule has 0 saturated carbocycles. The third kappa shape index (κ3) is 2.01. The van der Waals surface area contributed by atoms with Crippen LogP contribution in [0.2, 0.25) is 0 Å². The Kier molecular flexibility index (Phi) is 2.05. The van der Waals surface area contributed by atoms with Crippen LogP contribution in [0.4, 0.5) is 0 Å². The maximum atomic E-state index is 10.3. The van der Waals surface area contributed by atoms with Crippen LogP contribution in [0.15, 0.2) is 0 Å². The highest BCUT2D eigenvalue weighted by molar-refractivity contribution is 5.66. The van der Waals surface area contributed by atoms with E-state index in [0.29, 0.717) is 0 Å². The van der Waals surface area contributed by atoms with Crippen molar-refractivity contribution in [2.75, 3.05) is 6.61 Å². The van der Waals surface area contributed by atoms with Gasteiger partial charge >= 0.3 is 5.97 Å².